The number of hydrogen-bond donors (Lipinski definition) is 2. The Hall–Kier alpha value is -2.57. The lowest BCUT2D eigenvalue weighted by molar-refractivity contribution is 0.0954. The van der Waals surface area contributed by atoms with Crippen molar-refractivity contribution in [1.29, 1.82) is 0 Å². The molecule has 0 aliphatic heterocycles. The zero-order valence-electron chi connectivity index (χ0n) is 10.4. The monoisotopic (exact) mass is 262 g/mol. The van der Waals surface area contributed by atoms with Crippen LogP contribution in [-0.2, 0) is 6.42 Å². The molecule has 1 aromatic carbocycles. The lowest BCUT2D eigenvalue weighted by Crippen LogP contribution is -2.26. The van der Waals surface area contributed by atoms with Gasteiger partial charge in [-0.1, -0.05) is 11.2 Å². The third-order valence-corrected chi connectivity index (χ3v) is 2.56. The van der Waals surface area contributed by atoms with Crippen molar-refractivity contribution in [3.63, 3.8) is 0 Å². The van der Waals surface area contributed by atoms with Gasteiger partial charge in [0.2, 0.25) is 5.89 Å². The fraction of sp³-hybridized carbons (Fsp3) is 0.250. The van der Waals surface area contributed by atoms with Crippen molar-refractivity contribution in [3.05, 3.63) is 36.0 Å². The van der Waals surface area contributed by atoms with Crippen molar-refractivity contribution in [1.82, 2.24) is 15.5 Å². The van der Waals surface area contributed by atoms with E-state index in [0.29, 0.717) is 35.9 Å². The summed E-state index contributed by atoms with van der Waals surface area (Å²) in [5.41, 5.74) is 6.53. The van der Waals surface area contributed by atoms with Gasteiger partial charge in [-0.2, -0.15) is 4.98 Å². The Balaban J connectivity index is 1.96. The van der Waals surface area contributed by atoms with E-state index in [0.717, 1.165) is 0 Å². The van der Waals surface area contributed by atoms with Gasteiger partial charge in [-0.25, -0.2) is 0 Å². The van der Waals surface area contributed by atoms with Crippen LogP contribution in [0.15, 0.2) is 29.0 Å². The number of rotatable bonds is 5. The van der Waals surface area contributed by atoms with Crippen molar-refractivity contribution >= 4 is 11.6 Å². The molecule has 0 spiro atoms. The second kappa shape index (κ2) is 5.85. The third-order valence-electron chi connectivity index (χ3n) is 2.56. The molecule has 7 heteroatoms. The number of benzene rings is 1. The number of hydrogen-bond acceptors (Lipinski definition) is 6. The van der Waals surface area contributed by atoms with Crippen LogP contribution in [0.2, 0.25) is 0 Å². The van der Waals surface area contributed by atoms with Crippen molar-refractivity contribution < 1.29 is 14.1 Å². The second-order valence-corrected chi connectivity index (χ2v) is 3.76. The maximum Gasteiger partial charge on any atom is 0.253 e. The summed E-state index contributed by atoms with van der Waals surface area (Å²) in [6.45, 7) is 0.387. The number of amides is 1. The number of aromatic nitrogens is 2. The summed E-state index contributed by atoms with van der Waals surface area (Å²) < 4.78 is 9.89. The topological polar surface area (TPSA) is 103 Å². The van der Waals surface area contributed by atoms with Gasteiger partial charge in [0.1, 0.15) is 5.75 Å². The molecule has 0 atom stereocenters. The molecule has 2 rings (SSSR count). The van der Waals surface area contributed by atoms with E-state index in [2.05, 4.69) is 15.5 Å². The predicted octanol–water partition coefficient (Wildman–Crippen LogP) is 0.633. The lowest BCUT2D eigenvalue weighted by Gasteiger charge is -2.09. The molecule has 1 aromatic heterocycles. The molecule has 0 fully saturated rings. The summed E-state index contributed by atoms with van der Waals surface area (Å²) in [4.78, 5) is 15.8. The number of ether oxygens (including phenoxy) is 1. The van der Waals surface area contributed by atoms with Gasteiger partial charge >= 0.3 is 0 Å². The van der Waals surface area contributed by atoms with E-state index in [1.54, 1.807) is 18.2 Å². The van der Waals surface area contributed by atoms with Gasteiger partial charge in [0.05, 0.1) is 18.4 Å². The summed E-state index contributed by atoms with van der Waals surface area (Å²) in [5.74, 6) is 0.680. The van der Waals surface area contributed by atoms with E-state index >= 15 is 0 Å². The predicted molar refractivity (Wildman–Crippen MR) is 67.7 cm³/mol. The van der Waals surface area contributed by atoms with Crippen LogP contribution in [0.1, 0.15) is 16.2 Å². The number of nitrogen functional groups attached to an aromatic ring is 1. The highest BCUT2D eigenvalue weighted by molar-refractivity contribution is 6.00. The van der Waals surface area contributed by atoms with E-state index in [-0.39, 0.29) is 5.91 Å². The number of para-hydroxylation sites is 1. The molecule has 2 aromatic rings. The van der Waals surface area contributed by atoms with Crippen molar-refractivity contribution in [2.75, 3.05) is 19.4 Å². The Labute approximate surface area is 109 Å². The molecule has 0 saturated heterocycles. The molecule has 0 radical (unpaired) electrons. The number of methoxy groups -OCH3 is 1. The number of nitrogens with one attached hydrogen (secondary N) is 1. The van der Waals surface area contributed by atoms with E-state index in [1.807, 2.05) is 0 Å². The number of carbonyl (C=O) groups is 1. The molecule has 0 saturated carbocycles. The summed E-state index contributed by atoms with van der Waals surface area (Å²) in [7, 11) is 1.50. The molecule has 7 nitrogen and oxygen atoms in total. The number of anilines is 1. The zero-order chi connectivity index (χ0) is 13.7. The maximum atomic E-state index is 11.9. The fourth-order valence-corrected chi connectivity index (χ4v) is 1.60. The number of carbonyl (C=O) groups excluding carboxylic acids is 1. The highest BCUT2D eigenvalue weighted by atomic mass is 16.5. The van der Waals surface area contributed by atoms with E-state index in [4.69, 9.17) is 15.0 Å². The normalized spacial score (nSPS) is 10.2. The van der Waals surface area contributed by atoms with Crippen LogP contribution in [0.25, 0.3) is 0 Å². The molecule has 1 heterocycles. The lowest BCUT2D eigenvalue weighted by atomic mass is 10.1. The Bertz CT molecular complexity index is 554. The van der Waals surface area contributed by atoms with E-state index < -0.39 is 0 Å². The molecule has 19 heavy (non-hydrogen) atoms. The van der Waals surface area contributed by atoms with Crippen molar-refractivity contribution in [2.45, 2.75) is 6.42 Å². The number of nitrogens with two attached hydrogens (primary N) is 1. The van der Waals surface area contributed by atoms with Crippen LogP contribution in [0.3, 0.4) is 0 Å². The molecular formula is C12H14N4O3. The van der Waals surface area contributed by atoms with Crippen LogP contribution in [0.4, 0.5) is 5.69 Å². The highest BCUT2D eigenvalue weighted by Crippen LogP contribution is 2.24. The smallest absolute Gasteiger partial charge is 0.253 e. The molecule has 1 amide bonds. The van der Waals surface area contributed by atoms with Gasteiger partial charge in [-0.05, 0) is 12.1 Å². The van der Waals surface area contributed by atoms with Gasteiger partial charge in [0, 0.05) is 13.0 Å². The first kappa shape index (κ1) is 12.9. The minimum absolute atomic E-state index is 0.268. The number of nitrogens with zero attached hydrogens (tertiary/aromatic N) is 2. The summed E-state index contributed by atoms with van der Waals surface area (Å²) in [5, 5.41) is 6.21. The van der Waals surface area contributed by atoms with Crippen LogP contribution < -0.4 is 15.8 Å². The Kier molecular flexibility index (Phi) is 3.97. The second-order valence-electron chi connectivity index (χ2n) is 3.76. The molecule has 0 unspecified atom stereocenters. The minimum atomic E-state index is -0.268. The van der Waals surface area contributed by atoms with Gasteiger partial charge in [-0.15, -0.1) is 0 Å². The van der Waals surface area contributed by atoms with Gasteiger partial charge in [-0.3, -0.25) is 4.79 Å². The quantitative estimate of drug-likeness (QED) is 0.766. The van der Waals surface area contributed by atoms with Crippen LogP contribution in [0, 0.1) is 0 Å². The summed E-state index contributed by atoms with van der Waals surface area (Å²) >= 11 is 0. The first-order valence-electron chi connectivity index (χ1n) is 5.68. The Morgan fingerprint density at radius 1 is 1.53 bits per heavy atom. The third kappa shape index (κ3) is 3.01. The molecule has 0 bridgehead atoms. The maximum absolute atomic E-state index is 11.9. The van der Waals surface area contributed by atoms with Crippen LogP contribution >= 0.6 is 0 Å². The van der Waals surface area contributed by atoms with Gasteiger partial charge in [0.25, 0.3) is 5.91 Å². The molecule has 0 aliphatic carbocycles. The van der Waals surface area contributed by atoms with Crippen molar-refractivity contribution in [2.24, 2.45) is 0 Å². The first-order chi connectivity index (χ1) is 9.22. The van der Waals surface area contributed by atoms with Crippen LogP contribution in [0.5, 0.6) is 5.75 Å². The first-order valence-corrected chi connectivity index (χ1v) is 5.68. The Morgan fingerprint density at radius 3 is 3.05 bits per heavy atom. The highest BCUT2D eigenvalue weighted by Gasteiger charge is 2.12. The van der Waals surface area contributed by atoms with Crippen LogP contribution in [-0.4, -0.2) is 29.7 Å². The van der Waals surface area contributed by atoms with Gasteiger partial charge < -0.3 is 20.3 Å². The summed E-state index contributed by atoms with van der Waals surface area (Å²) in [6, 6.07) is 5.05. The molecule has 0 aliphatic rings. The average Bonchev–Trinajstić information content (AvgIpc) is 2.92. The molecule has 100 valence electrons. The largest absolute Gasteiger partial charge is 0.495 e. The molecule has 3 N–H and O–H groups in total. The fourth-order valence-electron chi connectivity index (χ4n) is 1.60. The van der Waals surface area contributed by atoms with E-state index in [9.17, 15) is 4.79 Å². The Morgan fingerprint density at radius 2 is 2.37 bits per heavy atom. The SMILES string of the molecule is COc1cccc(C(=O)NCCc2ncno2)c1N. The van der Waals surface area contributed by atoms with Gasteiger partial charge in [0.15, 0.2) is 6.33 Å². The standard InChI is InChI=1S/C12H14N4O3/c1-18-9-4-2-3-8(11(9)13)12(17)14-6-5-10-15-7-16-19-10/h2-4,7H,5-6,13H2,1H3,(H,14,17). The van der Waals surface area contributed by atoms with E-state index in [1.165, 1.54) is 13.4 Å². The van der Waals surface area contributed by atoms with Crippen molar-refractivity contribution in [3.8, 4) is 5.75 Å². The summed E-state index contributed by atoms with van der Waals surface area (Å²) in [6.07, 6.45) is 1.78. The average molecular weight is 262 g/mol. The zero-order valence-corrected chi connectivity index (χ0v) is 10.4. The minimum Gasteiger partial charge on any atom is -0.495 e. The molecular weight excluding hydrogens is 248 g/mol.